The van der Waals surface area contributed by atoms with E-state index in [0.29, 0.717) is 11.3 Å². The molecular weight excluding hydrogens is 526 g/mol. The van der Waals surface area contributed by atoms with E-state index < -0.39 is 34.1 Å². The molecule has 2 amide bonds. The summed E-state index contributed by atoms with van der Waals surface area (Å²) in [4.78, 5) is 59.0. The molecule has 0 bridgehead atoms. The number of amides is 2. The summed E-state index contributed by atoms with van der Waals surface area (Å²) in [5.41, 5.74) is 5.85. The first kappa shape index (κ1) is 25.8. The number of oxime groups is 1. The smallest absolute Gasteiger partial charge is 0.355 e. The average Bonchev–Trinajstić information content (AvgIpc) is 3.33. The second kappa shape index (κ2) is 11.2. The number of fused-ring (bicyclic) bond motifs is 1. The van der Waals surface area contributed by atoms with Gasteiger partial charge in [0.1, 0.15) is 30.3 Å². The van der Waals surface area contributed by atoms with Crippen molar-refractivity contribution in [3.8, 4) is 0 Å². The van der Waals surface area contributed by atoms with Gasteiger partial charge in [-0.25, -0.2) is 4.79 Å². The Kier molecular flexibility index (Phi) is 7.78. The van der Waals surface area contributed by atoms with Crippen molar-refractivity contribution in [1.82, 2.24) is 19.6 Å². The number of benzene rings is 1. The van der Waals surface area contributed by atoms with Crippen LogP contribution in [-0.4, -0.2) is 66.5 Å². The topological polar surface area (TPSA) is 192 Å². The summed E-state index contributed by atoms with van der Waals surface area (Å²) in [6.07, 6.45) is 3.00. The van der Waals surface area contributed by atoms with E-state index in [2.05, 4.69) is 26.4 Å². The molecule has 37 heavy (non-hydrogen) atoms. The maximum Gasteiger partial charge on any atom is 0.355 e. The SMILES string of the molecule is C=CCON=C(C(=O)NC1C(=O)N2C(C(=O)OCc3ccc([N+](=O)[O-])cc3)=CCS[C@H]12)c1nsc(N)n1. The number of anilines is 1. The van der Waals surface area contributed by atoms with Gasteiger partial charge in [-0.15, -0.1) is 11.8 Å². The van der Waals surface area contributed by atoms with Crippen LogP contribution in [0.1, 0.15) is 11.4 Å². The first-order chi connectivity index (χ1) is 17.8. The zero-order valence-electron chi connectivity index (χ0n) is 18.9. The summed E-state index contributed by atoms with van der Waals surface area (Å²) in [5, 5.41) is 16.7. The summed E-state index contributed by atoms with van der Waals surface area (Å²) in [6.45, 7) is 3.39. The van der Waals surface area contributed by atoms with Crippen LogP contribution in [0.15, 0.2) is 53.8 Å². The molecule has 2 aliphatic rings. The molecule has 4 rings (SSSR count). The Morgan fingerprint density at radius 1 is 1.38 bits per heavy atom. The minimum absolute atomic E-state index is 0.0289. The number of thioether (sulfide) groups is 1. The van der Waals surface area contributed by atoms with E-state index in [1.807, 2.05) is 0 Å². The number of hydrogen-bond donors (Lipinski definition) is 2. The Balaban J connectivity index is 1.39. The molecule has 2 atom stereocenters. The van der Waals surface area contributed by atoms with Crippen LogP contribution in [0.25, 0.3) is 0 Å². The van der Waals surface area contributed by atoms with E-state index in [1.54, 1.807) is 6.08 Å². The van der Waals surface area contributed by atoms with Gasteiger partial charge in [0, 0.05) is 29.4 Å². The van der Waals surface area contributed by atoms with Crippen molar-refractivity contribution in [2.45, 2.75) is 18.0 Å². The lowest BCUT2D eigenvalue weighted by Gasteiger charge is -2.48. The minimum Gasteiger partial charge on any atom is -0.456 e. The molecule has 0 aliphatic carbocycles. The van der Waals surface area contributed by atoms with Gasteiger partial charge in [0.25, 0.3) is 17.5 Å². The highest BCUT2D eigenvalue weighted by Gasteiger charge is 2.53. The number of non-ortho nitro benzene ring substituents is 1. The summed E-state index contributed by atoms with van der Waals surface area (Å²) in [5.74, 6) is -1.65. The number of esters is 1. The van der Waals surface area contributed by atoms with Gasteiger partial charge in [-0.3, -0.25) is 24.6 Å². The van der Waals surface area contributed by atoms with Crippen LogP contribution in [-0.2, 0) is 30.6 Å². The van der Waals surface area contributed by atoms with Gasteiger partial charge in [-0.1, -0.05) is 17.8 Å². The Hall–Kier alpha value is -4.31. The van der Waals surface area contributed by atoms with E-state index in [0.717, 1.165) is 11.5 Å². The number of aromatic nitrogens is 2. The second-order valence-electron chi connectivity index (χ2n) is 7.45. The number of nitrogen functional groups attached to an aromatic ring is 1. The van der Waals surface area contributed by atoms with Crippen molar-refractivity contribution in [3.05, 3.63) is 70.2 Å². The van der Waals surface area contributed by atoms with Crippen molar-refractivity contribution in [2.75, 3.05) is 18.1 Å². The number of rotatable bonds is 10. The number of hydrogen-bond acceptors (Lipinski definition) is 13. The number of ether oxygens (including phenoxy) is 1. The van der Waals surface area contributed by atoms with Crippen molar-refractivity contribution < 1.29 is 28.9 Å². The van der Waals surface area contributed by atoms with E-state index in [4.69, 9.17) is 15.3 Å². The molecule has 1 fully saturated rings. The molecule has 16 heteroatoms. The number of carbonyl (C=O) groups is 3. The third-order valence-corrected chi connectivity index (χ3v) is 6.80. The van der Waals surface area contributed by atoms with Crippen molar-refractivity contribution >= 4 is 57.6 Å². The summed E-state index contributed by atoms with van der Waals surface area (Å²) >= 11 is 2.22. The number of nitrogens with two attached hydrogens (primary N) is 1. The van der Waals surface area contributed by atoms with Gasteiger partial charge in [0.2, 0.25) is 11.5 Å². The molecule has 1 saturated heterocycles. The molecule has 0 spiro atoms. The Morgan fingerprint density at radius 3 is 2.78 bits per heavy atom. The fourth-order valence-corrected chi connectivity index (χ4v) is 4.97. The molecule has 2 aliphatic heterocycles. The molecule has 1 aromatic carbocycles. The number of nitro groups is 1. The highest BCUT2D eigenvalue weighted by atomic mass is 32.2. The molecule has 2 aromatic rings. The van der Waals surface area contributed by atoms with E-state index in [9.17, 15) is 24.5 Å². The molecule has 0 saturated carbocycles. The average molecular weight is 546 g/mol. The van der Waals surface area contributed by atoms with Crippen LogP contribution in [0.5, 0.6) is 0 Å². The Bertz CT molecular complexity index is 1310. The third-order valence-electron chi connectivity index (χ3n) is 5.08. The second-order valence-corrected chi connectivity index (χ2v) is 9.39. The zero-order valence-corrected chi connectivity index (χ0v) is 20.6. The standard InChI is InChI=1S/C21H19N7O7S2/c1-2-8-35-25-14(16-24-21(22)37-26-16)17(29)23-15-18(30)27-13(7-9-36-19(15)27)20(31)34-10-11-3-5-12(6-4-11)28(32)33/h2-7,15,19H,1,8-10H2,(H,23,29)(H2,22,24,26)/t15?,19-/m1/s1. The predicted molar refractivity (Wildman–Crippen MR) is 133 cm³/mol. The van der Waals surface area contributed by atoms with Gasteiger partial charge >= 0.3 is 5.97 Å². The Morgan fingerprint density at radius 2 is 2.14 bits per heavy atom. The van der Waals surface area contributed by atoms with Crippen LogP contribution in [0, 0.1) is 10.1 Å². The summed E-state index contributed by atoms with van der Waals surface area (Å²) in [7, 11) is 0. The monoisotopic (exact) mass is 545 g/mol. The number of β-lactam (4-membered cyclic amide) rings is 1. The lowest BCUT2D eigenvalue weighted by Crippen LogP contribution is -2.70. The fourth-order valence-electron chi connectivity index (χ4n) is 3.35. The normalized spacial score (nSPS) is 18.7. The molecule has 0 radical (unpaired) electrons. The molecule has 1 unspecified atom stereocenters. The summed E-state index contributed by atoms with van der Waals surface area (Å²) in [6, 6.07) is 4.61. The maximum absolute atomic E-state index is 12.9. The van der Waals surface area contributed by atoms with Gasteiger partial charge in [-0.2, -0.15) is 9.36 Å². The van der Waals surface area contributed by atoms with Gasteiger partial charge in [-0.05, 0) is 23.8 Å². The first-order valence-corrected chi connectivity index (χ1v) is 12.4. The predicted octanol–water partition coefficient (Wildman–Crippen LogP) is 0.962. The van der Waals surface area contributed by atoms with E-state index in [-0.39, 0.29) is 41.3 Å². The highest BCUT2D eigenvalue weighted by Crippen LogP contribution is 2.38. The molecule has 14 nitrogen and oxygen atoms in total. The van der Waals surface area contributed by atoms with Gasteiger partial charge in [0.05, 0.1) is 4.92 Å². The molecule has 3 heterocycles. The van der Waals surface area contributed by atoms with E-state index in [1.165, 1.54) is 47.0 Å². The van der Waals surface area contributed by atoms with Crippen molar-refractivity contribution in [3.63, 3.8) is 0 Å². The lowest BCUT2D eigenvalue weighted by atomic mass is 10.0. The van der Waals surface area contributed by atoms with Gasteiger partial charge in [0.15, 0.2) is 5.13 Å². The van der Waals surface area contributed by atoms with Crippen LogP contribution in [0.3, 0.4) is 0 Å². The third kappa shape index (κ3) is 5.59. The molecule has 192 valence electrons. The summed E-state index contributed by atoms with van der Waals surface area (Å²) < 4.78 is 9.27. The zero-order chi connectivity index (χ0) is 26.5. The molecular formula is C21H19N7O7S2. The number of nitrogens with zero attached hydrogens (tertiary/aromatic N) is 5. The maximum atomic E-state index is 12.9. The first-order valence-electron chi connectivity index (χ1n) is 10.6. The fraction of sp³-hybridized carbons (Fsp3) is 0.238. The van der Waals surface area contributed by atoms with Crippen LogP contribution in [0.4, 0.5) is 10.8 Å². The number of nitrogens with one attached hydrogen (secondary N) is 1. The van der Waals surface area contributed by atoms with Crippen LogP contribution < -0.4 is 11.1 Å². The lowest BCUT2D eigenvalue weighted by molar-refractivity contribution is -0.384. The Labute approximate surface area is 217 Å². The largest absolute Gasteiger partial charge is 0.456 e. The van der Waals surface area contributed by atoms with E-state index >= 15 is 0 Å². The quantitative estimate of drug-likeness (QED) is 0.0821. The van der Waals surface area contributed by atoms with Crippen molar-refractivity contribution in [2.24, 2.45) is 5.16 Å². The highest BCUT2D eigenvalue weighted by molar-refractivity contribution is 8.00. The van der Waals surface area contributed by atoms with Crippen molar-refractivity contribution in [1.29, 1.82) is 0 Å². The van der Waals surface area contributed by atoms with Gasteiger partial charge < -0.3 is 20.6 Å². The van der Waals surface area contributed by atoms with Crippen LogP contribution in [0.2, 0.25) is 0 Å². The molecule has 1 aromatic heterocycles. The molecule has 3 N–H and O–H groups in total. The van der Waals surface area contributed by atoms with Crippen LogP contribution >= 0.6 is 23.3 Å². The minimum atomic E-state index is -0.941. The number of nitro benzene ring substituents is 1. The number of carbonyl (C=O) groups excluding carboxylic acids is 3.